The van der Waals surface area contributed by atoms with Crippen LogP contribution in [-0.4, -0.2) is 12.1 Å². The summed E-state index contributed by atoms with van der Waals surface area (Å²) in [6.45, 7) is 2.68. The van der Waals surface area contributed by atoms with Gasteiger partial charge in [-0.15, -0.1) is 0 Å². The van der Waals surface area contributed by atoms with E-state index in [1.54, 1.807) is 19.4 Å². The van der Waals surface area contributed by atoms with E-state index in [4.69, 9.17) is 10.00 Å². The highest BCUT2D eigenvalue weighted by Crippen LogP contribution is 2.20. The topological polar surface area (TPSA) is 57.9 Å². The van der Waals surface area contributed by atoms with E-state index in [1.807, 2.05) is 30.3 Å². The summed E-state index contributed by atoms with van der Waals surface area (Å²) in [5.41, 5.74) is 2.59. The molecule has 0 spiro atoms. The molecular weight excluding hydrogens is 250 g/mol. The van der Waals surface area contributed by atoms with Crippen molar-refractivity contribution in [1.82, 2.24) is 10.3 Å². The van der Waals surface area contributed by atoms with E-state index in [-0.39, 0.29) is 6.04 Å². The van der Waals surface area contributed by atoms with Crippen LogP contribution in [0.4, 0.5) is 0 Å². The van der Waals surface area contributed by atoms with Gasteiger partial charge in [-0.1, -0.05) is 6.07 Å². The molecule has 0 aliphatic carbocycles. The second-order valence-corrected chi connectivity index (χ2v) is 4.50. The smallest absolute Gasteiger partial charge is 0.123 e. The molecule has 0 radical (unpaired) electrons. The van der Waals surface area contributed by atoms with Gasteiger partial charge in [-0.25, -0.2) is 0 Å². The number of nitriles is 1. The summed E-state index contributed by atoms with van der Waals surface area (Å²) in [6.07, 6.45) is 1.78. The quantitative estimate of drug-likeness (QED) is 0.905. The molecule has 2 rings (SSSR count). The summed E-state index contributed by atoms with van der Waals surface area (Å²) in [5.74, 6) is 0.782. The van der Waals surface area contributed by atoms with Crippen molar-refractivity contribution in [1.29, 1.82) is 5.26 Å². The molecule has 1 N–H and O–H groups in total. The first-order chi connectivity index (χ1) is 9.74. The summed E-state index contributed by atoms with van der Waals surface area (Å²) in [5, 5.41) is 12.3. The van der Waals surface area contributed by atoms with Crippen molar-refractivity contribution >= 4 is 0 Å². The standard InChI is InChI=1S/C16H17N3O/c1-12(15-5-3-4-8-18-15)19-11-14-9-13(10-17)6-7-16(14)20-2/h3-9,12,19H,11H2,1-2H3. The first kappa shape index (κ1) is 14.0. The number of hydrogen-bond acceptors (Lipinski definition) is 4. The van der Waals surface area contributed by atoms with Gasteiger partial charge >= 0.3 is 0 Å². The first-order valence-corrected chi connectivity index (χ1v) is 6.46. The summed E-state index contributed by atoms with van der Waals surface area (Å²) < 4.78 is 5.32. The molecule has 1 aromatic carbocycles. The van der Waals surface area contributed by atoms with Crippen molar-refractivity contribution in [2.45, 2.75) is 19.5 Å². The maximum atomic E-state index is 8.96. The number of hydrogen-bond donors (Lipinski definition) is 1. The maximum absolute atomic E-state index is 8.96. The monoisotopic (exact) mass is 267 g/mol. The molecule has 1 unspecified atom stereocenters. The van der Waals surface area contributed by atoms with Gasteiger partial charge in [0.05, 0.1) is 24.4 Å². The zero-order valence-corrected chi connectivity index (χ0v) is 11.6. The Labute approximate surface area is 119 Å². The molecule has 0 saturated heterocycles. The molecule has 0 bridgehead atoms. The Morgan fingerprint density at radius 3 is 2.85 bits per heavy atom. The van der Waals surface area contributed by atoms with Crippen LogP contribution in [0, 0.1) is 11.3 Å². The van der Waals surface area contributed by atoms with Gasteiger partial charge in [0.15, 0.2) is 0 Å². The van der Waals surface area contributed by atoms with Gasteiger partial charge in [-0.05, 0) is 37.3 Å². The highest BCUT2D eigenvalue weighted by molar-refractivity contribution is 5.42. The third-order valence-electron chi connectivity index (χ3n) is 3.14. The van der Waals surface area contributed by atoms with Crippen LogP contribution < -0.4 is 10.1 Å². The number of nitrogens with one attached hydrogen (secondary N) is 1. The van der Waals surface area contributed by atoms with Crippen molar-refractivity contribution in [2.24, 2.45) is 0 Å². The van der Waals surface area contributed by atoms with Crippen LogP contribution in [0.3, 0.4) is 0 Å². The molecular formula is C16H17N3O. The lowest BCUT2D eigenvalue weighted by Crippen LogP contribution is -2.19. The average Bonchev–Trinajstić information content (AvgIpc) is 2.53. The van der Waals surface area contributed by atoms with E-state index in [0.717, 1.165) is 17.0 Å². The largest absolute Gasteiger partial charge is 0.496 e. The van der Waals surface area contributed by atoms with Gasteiger partial charge in [0.25, 0.3) is 0 Å². The fourth-order valence-corrected chi connectivity index (χ4v) is 1.99. The molecule has 0 amide bonds. The lowest BCUT2D eigenvalue weighted by molar-refractivity contribution is 0.406. The highest BCUT2D eigenvalue weighted by atomic mass is 16.5. The minimum atomic E-state index is 0.131. The molecule has 4 nitrogen and oxygen atoms in total. The molecule has 1 heterocycles. The molecule has 102 valence electrons. The minimum Gasteiger partial charge on any atom is -0.496 e. The van der Waals surface area contributed by atoms with Crippen LogP contribution in [0.25, 0.3) is 0 Å². The fourth-order valence-electron chi connectivity index (χ4n) is 1.99. The van der Waals surface area contributed by atoms with Crippen molar-refractivity contribution in [3.63, 3.8) is 0 Å². The Kier molecular flexibility index (Phi) is 4.70. The molecule has 2 aromatic rings. The number of nitrogens with zero attached hydrogens (tertiary/aromatic N) is 2. The minimum absolute atomic E-state index is 0.131. The average molecular weight is 267 g/mol. The molecule has 0 fully saturated rings. The number of benzene rings is 1. The van der Waals surface area contributed by atoms with Gasteiger partial charge in [-0.2, -0.15) is 5.26 Å². The van der Waals surface area contributed by atoms with E-state index >= 15 is 0 Å². The third-order valence-corrected chi connectivity index (χ3v) is 3.14. The van der Waals surface area contributed by atoms with Gasteiger partial charge < -0.3 is 10.1 Å². The van der Waals surface area contributed by atoms with Crippen LogP contribution in [0.5, 0.6) is 5.75 Å². The number of pyridine rings is 1. The molecule has 0 aliphatic rings. The summed E-state index contributed by atoms with van der Waals surface area (Å²) in [6, 6.07) is 13.5. The Hall–Kier alpha value is -2.38. The van der Waals surface area contributed by atoms with Crippen LogP contribution in [-0.2, 0) is 6.54 Å². The SMILES string of the molecule is COc1ccc(C#N)cc1CNC(C)c1ccccn1. The summed E-state index contributed by atoms with van der Waals surface area (Å²) in [4.78, 5) is 4.32. The fraction of sp³-hybridized carbons (Fsp3) is 0.250. The number of rotatable bonds is 5. The van der Waals surface area contributed by atoms with E-state index in [1.165, 1.54) is 0 Å². The van der Waals surface area contributed by atoms with Crippen LogP contribution >= 0.6 is 0 Å². The Bertz CT molecular complexity index is 605. The van der Waals surface area contributed by atoms with Gasteiger partial charge in [0.1, 0.15) is 5.75 Å². The van der Waals surface area contributed by atoms with Crippen molar-refractivity contribution in [2.75, 3.05) is 7.11 Å². The normalized spacial score (nSPS) is 11.7. The van der Waals surface area contributed by atoms with E-state index in [0.29, 0.717) is 12.1 Å². The third kappa shape index (κ3) is 3.34. The Morgan fingerprint density at radius 2 is 2.20 bits per heavy atom. The first-order valence-electron chi connectivity index (χ1n) is 6.46. The van der Waals surface area contributed by atoms with E-state index in [9.17, 15) is 0 Å². The molecule has 4 heteroatoms. The number of ether oxygens (including phenoxy) is 1. The van der Waals surface area contributed by atoms with Crippen LogP contribution in [0.2, 0.25) is 0 Å². The highest BCUT2D eigenvalue weighted by Gasteiger charge is 2.09. The van der Waals surface area contributed by atoms with Crippen molar-refractivity contribution in [3.05, 3.63) is 59.4 Å². The molecule has 0 aliphatic heterocycles. The van der Waals surface area contributed by atoms with E-state index in [2.05, 4.69) is 23.3 Å². The predicted molar refractivity (Wildman–Crippen MR) is 77.2 cm³/mol. The molecule has 1 atom stereocenters. The Balaban J connectivity index is 2.09. The van der Waals surface area contributed by atoms with Gasteiger partial charge in [-0.3, -0.25) is 4.98 Å². The lowest BCUT2D eigenvalue weighted by atomic mass is 10.1. The molecule has 1 aromatic heterocycles. The van der Waals surface area contributed by atoms with Gasteiger partial charge in [0, 0.05) is 24.3 Å². The van der Waals surface area contributed by atoms with E-state index < -0.39 is 0 Å². The molecule has 0 saturated carbocycles. The number of aromatic nitrogens is 1. The summed E-state index contributed by atoms with van der Waals surface area (Å²) in [7, 11) is 1.63. The maximum Gasteiger partial charge on any atom is 0.123 e. The second kappa shape index (κ2) is 6.69. The predicted octanol–water partition coefficient (Wildman–Crippen LogP) is 2.81. The van der Waals surface area contributed by atoms with Gasteiger partial charge in [0.2, 0.25) is 0 Å². The second-order valence-electron chi connectivity index (χ2n) is 4.50. The van der Waals surface area contributed by atoms with Crippen LogP contribution in [0.15, 0.2) is 42.6 Å². The Morgan fingerprint density at radius 1 is 1.35 bits per heavy atom. The number of methoxy groups -OCH3 is 1. The molecule has 20 heavy (non-hydrogen) atoms. The zero-order valence-electron chi connectivity index (χ0n) is 11.6. The summed E-state index contributed by atoms with van der Waals surface area (Å²) >= 11 is 0. The van der Waals surface area contributed by atoms with Crippen LogP contribution in [0.1, 0.15) is 29.8 Å². The van der Waals surface area contributed by atoms with Crippen molar-refractivity contribution < 1.29 is 4.74 Å². The van der Waals surface area contributed by atoms with Crippen molar-refractivity contribution in [3.8, 4) is 11.8 Å². The zero-order chi connectivity index (χ0) is 14.4. The lowest BCUT2D eigenvalue weighted by Gasteiger charge is -2.15.